The van der Waals surface area contributed by atoms with E-state index in [0.29, 0.717) is 19.0 Å². The second-order valence-corrected chi connectivity index (χ2v) is 6.57. The summed E-state index contributed by atoms with van der Waals surface area (Å²) >= 11 is 0. The Bertz CT molecular complexity index is 704. The van der Waals surface area contributed by atoms with Crippen molar-refractivity contribution in [1.29, 1.82) is 0 Å². The highest BCUT2D eigenvalue weighted by atomic mass is 16.2. The Morgan fingerprint density at radius 1 is 1.04 bits per heavy atom. The van der Waals surface area contributed by atoms with E-state index in [0.717, 1.165) is 30.2 Å². The normalized spacial score (nSPS) is 15.0. The molecular formula is C19H24N4O. The molecule has 5 heteroatoms. The first-order valence-corrected chi connectivity index (χ1v) is 8.47. The summed E-state index contributed by atoms with van der Waals surface area (Å²) in [6, 6.07) is 9.98. The summed E-state index contributed by atoms with van der Waals surface area (Å²) in [5.41, 5.74) is 2.99. The number of carbonyl (C=O) groups excluding carboxylic acids is 1. The lowest BCUT2D eigenvalue weighted by Gasteiger charge is -2.35. The highest BCUT2D eigenvalue weighted by molar-refractivity contribution is 5.94. The van der Waals surface area contributed by atoms with Crippen molar-refractivity contribution in [3.8, 4) is 0 Å². The lowest BCUT2D eigenvalue weighted by atomic mass is 10.0. The van der Waals surface area contributed by atoms with Crippen molar-refractivity contribution in [2.75, 3.05) is 31.1 Å². The summed E-state index contributed by atoms with van der Waals surface area (Å²) < 4.78 is 0. The molecule has 0 atom stereocenters. The summed E-state index contributed by atoms with van der Waals surface area (Å²) in [6.45, 7) is 9.31. The highest BCUT2D eigenvalue weighted by Crippen LogP contribution is 2.18. The predicted molar refractivity (Wildman–Crippen MR) is 95.4 cm³/mol. The molecule has 24 heavy (non-hydrogen) atoms. The average Bonchev–Trinajstić information content (AvgIpc) is 2.61. The minimum Gasteiger partial charge on any atom is -0.353 e. The van der Waals surface area contributed by atoms with Crippen LogP contribution in [0.2, 0.25) is 0 Å². The van der Waals surface area contributed by atoms with E-state index in [2.05, 4.69) is 40.8 Å². The number of amides is 1. The fraction of sp³-hybridized carbons (Fsp3) is 0.421. The van der Waals surface area contributed by atoms with Crippen LogP contribution in [0.1, 0.15) is 41.4 Å². The van der Waals surface area contributed by atoms with E-state index in [4.69, 9.17) is 0 Å². The second-order valence-electron chi connectivity index (χ2n) is 6.57. The Kier molecular flexibility index (Phi) is 4.79. The molecule has 0 radical (unpaired) electrons. The molecule has 1 amide bonds. The zero-order valence-electron chi connectivity index (χ0n) is 14.6. The Labute approximate surface area is 143 Å². The van der Waals surface area contributed by atoms with Crippen LogP contribution in [0.5, 0.6) is 0 Å². The molecule has 1 saturated heterocycles. The number of anilines is 1. The molecule has 5 nitrogen and oxygen atoms in total. The third-order valence-electron chi connectivity index (χ3n) is 4.50. The van der Waals surface area contributed by atoms with Crippen LogP contribution in [0.15, 0.2) is 36.7 Å². The van der Waals surface area contributed by atoms with Crippen LogP contribution in [-0.4, -0.2) is 47.0 Å². The van der Waals surface area contributed by atoms with E-state index in [9.17, 15) is 4.79 Å². The maximum absolute atomic E-state index is 12.7. The van der Waals surface area contributed by atoms with Crippen LogP contribution in [0.3, 0.4) is 0 Å². The summed E-state index contributed by atoms with van der Waals surface area (Å²) in [4.78, 5) is 25.3. The van der Waals surface area contributed by atoms with Gasteiger partial charge in [-0.05, 0) is 30.5 Å². The van der Waals surface area contributed by atoms with E-state index in [1.165, 1.54) is 5.56 Å². The first kappa shape index (κ1) is 16.4. The monoisotopic (exact) mass is 324 g/mol. The van der Waals surface area contributed by atoms with Crippen LogP contribution in [0.4, 0.5) is 5.82 Å². The maximum Gasteiger partial charge on any atom is 0.253 e. The maximum atomic E-state index is 12.7. The number of hydrogen-bond acceptors (Lipinski definition) is 4. The number of benzene rings is 1. The molecule has 0 aliphatic carbocycles. The molecule has 2 aromatic rings. The molecule has 1 aliphatic rings. The van der Waals surface area contributed by atoms with Gasteiger partial charge in [0.2, 0.25) is 0 Å². The Morgan fingerprint density at radius 2 is 1.71 bits per heavy atom. The first-order valence-electron chi connectivity index (χ1n) is 8.47. The Morgan fingerprint density at radius 3 is 2.29 bits per heavy atom. The Hall–Kier alpha value is -2.43. The van der Waals surface area contributed by atoms with Crippen LogP contribution in [-0.2, 0) is 0 Å². The summed E-state index contributed by atoms with van der Waals surface area (Å²) in [5.74, 6) is 1.54. The van der Waals surface area contributed by atoms with E-state index in [1.54, 1.807) is 6.33 Å². The van der Waals surface area contributed by atoms with E-state index in [1.807, 2.05) is 30.0 Å². The van der Waals surface area contributed by atoms with Crippen molar-refractivity contribution >= 4 is 11.7 Å². The highest BCUT2D eigenvalue weighted by Gasteiger charge is 2.23. The number of piperazine rings is 1. The molecule has 1 aliphatic heterocycles. The Balaban J connectivity index is 1.62. The van der Waals surface area contributed by atoms with Gasteiger partial charge >= 0.3 is 0 Å². The van der Waals surface area contributed by atoms with Gasteiger partial charge in [0.25, 0.3) is 5.91 Å². The van der Waals surface area contributed by atoms with Crippen molar-refractivity contribution < 1.29 is 4.79 Å². The third-order valence-corrected chi connectivity index (χ3v) is 4.50. The summed E-state index contributed by atoms with van der Waals surface area (Å²) in [6.07, 6.45) is 1.60. The minimum absolute atomic E-state index is 0.115. The number of aromatic nitrogens is 2. The molecule has 1 fully saturated rings. The van der Waals surface area contributed by atoms with Gasteiger partial charge in [0.05, 0.1) is 0 Å². The second kappa shape index (κ2) is 6.99. The van der Waals surface area contributed by atoms with Gasteiger partial charge in [-0.3, -0.25) is 4.79 Å². The van der Waals surface area contributed by atoms with Gasteiger partial charge in [-0.2, -0.15) is 0 Å². The number of hydrogen-bond donors (Lipinski definition) is 0. The molecule has 3 rings (SSSR count). The largest absolute Gasteiger partial charge is 0.353 e. The molecule has 0 spiro atoms. The SMILES string of the molecule is Cc1cc(N2CCN(C(=O)c3ccc(C(C)C)cc3)CC2)ncn1. The van der Waals surface area contributed by atoms with Crippen molar-refractivity contribution in [3.63, 3.8) is 0 Å². The van der Waals surface area contributed by atoms with Gasteiger partial charge in [-0.15, -0.1) is 0 Å². The molecule has 0 unspecified atom stereocenters. The first-order chi connectivity index (χ1) is 11.5. The van der Waals surface area contributed by atoms with E-state index >= 15 is 0 Å². The molecule has 1 aromatic carbocycles. The van der Waals surface area contributed by atoms with E-state index < -0.39 is 0 Å². The van der Waals surface area contributed by atoms with Gasteiger partial charge in [0.15, 0.2) is 0 Å². The number of carbonyl (C=O) groups is 1. The van der Waals surface area contributed by atoms with Crippen LogP contribution < -0.4 is 4.90 Å². The van der Waals surface area contributed by atoms with Gasteiger partial charge in [-0.1, -0.05) is 26.0 Å². The third kappa shape index (κ3) is 3.55. The summed E-state index contributed by atoms with van der Waals surface area (Å²) in [7, 11) is 0. The zero-order valence-corrected chi connectivity index (χ0v) is 14.6. The lowest BCUT2D eigenvalue weighted by Crippen LogP contribution is -2.49. The summed E-state index contributed by atoms with van der Waals surface area (Å²) in [5, 5.41) is 0. The van der Waals surface area contributed by atoms with Crippen LogP contribution >= 0.6 is 0 Å². The van der Waals surface area contributed by atoms with Crippen molar-refractivity contribution in [3.05, 3.63) is 53.5 Å². The van der Waals surface area contributed by atoms with Gasteiger partial charge < -0.3 is 9.80 Å². The molecule has 2 heterocycles. The van der Waals surface area contributed by atoms with Crippen LogP contribution in [0, 0.1) is 6.92 Å². The minimum atomic E-state index is 0.115. The molecule has 0 N–H and O–H groups in total. The standard InChI is InChI=1S/C19H24N4O/c1-14(2)16-4-6-17(7-5-16)19(24)23-10-8-22(9-11-23)18-12-15(3)20-13-21-18/h4-7,12-14H,8-11H2,1-3H3. The molecule has 0 bridgehead atoms. The number of nitrogens with zero attached hydrogens (tertiary/aromatic N) is 4. The topological polar surface area (TPSA) is 49.3 Å². The van der Waals surface area contributed by atoms with Crippen molar-refractivity contribution in [2.24, 2.45) is 0 Å². The molecular weight excluding hydrogens is 300 g/mol. The molecule has 1 aromatic heterocycles. The van der Waals surface area contributed by atoms with Gasteiger partial charge in [0.1, 0.15) is 12.1 Å². The van der Waals surface area contributed by atoms with Gasteiger partial charge in [0, 0.05) is 43.5 Å². The van der Waals surface area contributed by atoms with Crippen molar-refractivity contribution in [2.45, 2.75) is 26.7 Å². The quantitative estimate of drug-likeness (QED) is 0.871. The van der Waals surface area contributed by atoms with E-state index in [-0.39, 0.29) is 5.91 Å². The fourth-order valence-corrected chi connectivity index (χ4v) is 2.95. The molecule has 126 valence electrons. The molecule has 0 saturated carbocycles. The van der Waals surface area contributed by atoms with Gasteiger partial charge in [-0.25, -0.2) is 9.97 Å². The van der Waals surface area contributed by atoms with Crippen molar-refractivity contribution in [1.82, 2.24) is 14.9 Å². The zero-order chi connectivity index (χ0) is 17.1. The fourth-order valence-electron chi connectivity index (χ4n) is 2.95. The smallest absolute Gasteiger partial charge is 0.253 e. The predicted octanol–water partition coefficient (Wildman–Crippen LogP) is 2.87. The lowest BCUT2D eigenvalue weighted by molar-refractivity contribution is 0.0746. The number of rotatable bonds is 3. The average molecular weight is 324 g/mol. The van der Waals surface area contributed by atoms with Crippen LogP contribution in [0.25, 0.3) is 0 Å². The number of aryl methyl sites for hydroxylation is 1.